The summed E-state index contributed by atoms with van der Waals surface area (Å²) in [4.78, 5) is 22.8. The summed E-state index contributed by atoms with van der Waals surface area (Å²) < 4.78 is 5.14. The maximum atomic E-state index is 11.8. The lowest BCUT2D eigenvalue weighted by molar-refractivity contribution is -0.114. The number of methoxy groups -OCH3 is 1. The number of hydrogen-bond acceptors (Lipinski definition) is 3. The van der Waals surface area contributed by atoms with Gasteiger partial charge in [0.05, 0.1) is 7.11 Å². The summed E-state index contributed by atoms with van der Waals surface area (Å²) in [5.41, 5.74) is 2.21. The summed E-state index contributed by atoms with van der Waals surface area (Å²) in [6.45, 7) is 1.44. The highest BCUT2D eigenvalue weighted by Crippen LogP contribution is 2.14. The van der Waals surface area contributed by atoms with Crippen molar-refractivity contribution in [2.24, 2.45) is 0 Å². The first-order valence-corrected chi connectivity index (χ1v) is 7.32. The molecule has 0 unspecified atom stereocenters. The molecule has 0 bridgehead atoms. The Morgan fingerprint density at radius 2 is 1.67 bits per heavy atom. The molecule has 6 nitrogen and oxygen atoms in total. The lowest BCUT2D eigenvalue weighted by Crippen LogP contribution is -2.23. The van der Waals surface area contributed by atoms with Gasteiger partial charge < -0.3 is 20.7 Å². The van der Waals surface area contributed by atoms with Crippen molar-refractivity contribution in [3.8, 4) is 5.75 Å². The minimum Gasteiger partial charge on any atom is -0.497 e. The fraction of sp³-hybridized carbons (Fsp3) is 0.111. The maximum Gasteiger partial charge on any atom is 0.323 e. The molecule has 0 spiro atoms. The molecular formula is C18H19N3O3. The first-order valence-electron chi connectivity index (χ1n) is 7.32. The first kappa shape index (κ1) is 17.1. The molecule has 2 aromatic rings. The molecule has 0 saturated carbocycles. The zero-order valence-corrected chi connectivity index (χ0v) is 13.5. The topological polar surface area (TPSA) is 79.5 Å². The third-order valence-electron chi connectivity index (χ3n) is 3.05. The van der Waals surface area contributed by atoms with Crippen LogP contribution in [0, 0.1) is 0 Å². The van der Waals surface area contributed by atoms with E-state index in [2.05, 4.69) is 16.0 Å². The van der Waals surface area contributed by atoms with Gasteiger partial charge in [0.2, 0.25) is 5.91 Å². The number of ether oxygens (including phenoxy) is 1. The van der Waals surface area contributed by atoms with Crippen LogP contribution in [-0.4, -0.2) is 19.0 Å². The number of carbonyl (C=O) groups is 2. The average Bonchev–Trinajstić information content (AvgIpc) is 2.56. The van der Waals surface area contributed by atoms with Crippen LogP contribution in [0.4, 0.5) is 16.2 Å². The molecule has 0 saturated heterocycles. The third-order valence-corrected chi connectivity index (χ3v) is 3.05. The van der Waals surface area contributed by atoms with E-state index in [9.17, 15) is 9.59 Å². The highest BCUT2D eigenvalue weighted by Gasteiger charge is 2.00. The number of amides is 3. The van der Waals surface area contributed by atoms with E-state index in [0.717, 1.165) is 11.3 Å². The second-order valence-electron chi connectivity index (χ2n) is 4.97. The van der Waals surface area contributed by atoms with Crippen LogP contribution >= 0.6 is 0 Å². The minimum absolute atomic E-state index is 0.142. The van der Waals surface area contributed by atoms with Crippen LogP contribution in [0.15, 0.2) is 54.7 Å². The van der Waals surface area contributed by atoms with Crippen LogP contribution in [0.5, 0.6) is 5.75 Å². The van der Waals surface area contributed by atoms with E-state index in [4.69, 9.17) is 4.74 Å². The van der Waals surface area contributed by atoms with E-state index < -0.39 is 0 Å². The van der Waals surface area contributed by atoms with Gasteiger partial charge in [0.1, 0.15) is 5.75 Å². The van der Waals surface area contributed by atoms with Gasteiger partial charge in [-0.2, -0.15) is 0 Å². The van der Waals surface area contributed by atoms with Crippen LogP contribution in [0.3, 0.4) is 0 Å². The Hall–Kier alpha value is -3.28. The highest BCUT2D eigenvalue weighted by atomic mass is 16.5. The van der Waals surface area contributed by atoms with Gasteiger partial charge in [0.25, 0.3) is 0 Å². The molecule has 0 radical (unpaired) electrons. The van der Waals surface area contributed by atoms with E-state index in [1.54, 1.807) is 43.7 Å². The van der Waals surface area contributed by atoms with Crippen molar-refractivity contribution in [2.75, 3.05) is 17.7 Å². The molecular weight excluding hydrogens is 306 g/mol. The Kier molecular flexibility index (Phi) is 5.96. The van der Waals surface area contributed by atoms with Crippen molar-refractivity contribution >= 4 is 29.4 Å². The zero-order valence-electron chi connectivity index (χ0n) is 13.5. The molecule has 3 N–H and O–H groups in total. The van der Waals surface area contributed by atoms with Gasteiger partial charge in [0, 0.05) is 24.5 Å². The standard InChI is InChI=1S/C18H19N3O3/c1-13(22)20-15-6-8-16(9-7-15)21-18(23)19-11-10-14-4-3-5-17(12-14)24-2/h3-12H,1-2H3,(H,20,22)(H2,19,21,23)/b11-10+. The van der Waals surface area contributed by atoms with E-state index in [-0.39, 0.29) is 11.9 Å². The molecule has 0 heterocycles. The third kappa shape index (κ3) is 5.49. The van der Waals surface area contributed by atoms with Crippen LogP contribution in [0.25, 0.3) is 6.08 Å². The minimum atomic E-state index is -0.360. The summed E-state index contributed by atoms with van der Waals surface area (Å²) in [5, 5.41) is 7.97. The molecule has 2 rings (SSSR count). The predicted octanol–water partition coefficient (Wildman–Crippen LogP) is 3.45. The summed E-state index contributed by atoms with van der Waals surface area (Å²) in [6, 6.07) is 14.0. The lowest BCUT2D eigenvalue weighted by Gasteiger charge is -2.06. The van der Waals surface area contributed by atoms with Crippen LogP contribution < -0.4 is 20.7 Å². The second kappa shape index (κ2) is 8.38. The number of hydrogen-bond donors (Lipinski definition) is 3. The Balaban J connectivity index is 1.86. The number of benzene rings is 2. The number of anilines is 2. The van der Waals surface area contributed by atoms with Crippen LogP contribution in [-0.2, 0) is 4.79 Å². The molecule has 0 fully saturated rings. The summed E-state index contributed by atoms with van der Waals surface area (Å²) in [5.74, 6) is 0.608. The van der Waals surface area contributed by atoms with Crippen molar-refractivity contribution in [1.29, 1.82) is 0 Å². The monoisotopic (exact) mass is 325 g/mol. The van der Waals surface area contributed by atoms with Gasteiger partial charge in [-0.1, -0.05) is 12.1 Å². The van der Waals surface area contributed by atoms with Gasteiger partial charge in [-0.3, -0.25) is 4.79 Å². The zero-order chi connectivity index (χ0) is 17.4. The average molecular weight is 325 g/mol. The molecule has 0 aliphatic heterocycles. The molecule has 3 amide bonds. The van der Waals surface area contributed by atoms with E-state index in [0.29, 0.717) is 11.4 Å². The molecule has 24 heavy (non-hydrogen) atoms. The maximum absolute atomic E-state index is 11.8. The van der Waals surface area contributed by atoms with Gasteiger partial charge in [-0.25, -0.2) is 4.79 Å². The molecule has 0 aliphatic rings. The molecule has 6 heteroatoms. The normalized spacial score (nSPS) is 10.2. The van der Waals surface area contributed by atoms with Crippen molar-refractivity contribution in [1.82, 2.24) is 5.32 Å². The van der Waals surface area contributed by atoms with Crippen LogP contribution in [0.1, 0.15) is 12.5 Å². The fourth-order valence-electron chi connectivity index (χ4n) is 1.97. The largest absolute Gasteiger partial charge is 0.497 e. The Morgan fingerprint density at radius 1 is 1.00 bits per heavy atom. The number of carbonyl (C=O) groups excluding carboxylic acids is 2. The smallest absolute Gasteiger partial charge is 0.323 e. The molecule has 2 aromatic carbocycles. The fourth-order valence-corrected chi connectivity index (χ4v) is 1.97. The highest BCUT2D eigenvalue weighted by molar-refractivity contribution is 5.91. The van der Waals surface area contributed by atoms with Crippen molar-refractivity contribution in [3.63, 3.8) is 0 Å². The predicted molar refractivity (Wildman–Crippen MR) is 94.9 cm³/mol. The quantitative estimate of drug-likeness (QED) is 0.788. The second-order valence-corrected chi connectivity index (χ2v) is 4.97. The molecule has 124 valence electrons. The number of urea groups is 1. The SMILES string of the molecule is COc1cccc(/C=C/NC(=O)Nc2ccc(NC(C)=O)cc2)c1. The molecule has 0 aliphatic carbocycles. The Labute approximate surface area is 140 Å². The molecule has 0 aromatic heterocycles. The summed E-state index contributed by atoms with van der Waals surface area (Å²) >= 11 is 0. The van der Waals surface area contributed by atoms with Gasteiger partial charge in [-0.15, -0.1) is 0 Å². The van der Waals surface area contributed by atoms with E-state index in [1.165, 1.54) is 6.92 Å². The Morgan fingerprint density at radius 3 is 2.29 bits per heavy atom. The van der Waals surface area contributed by atoms with E-state index in [1.807, 2.05) is 24.3 Å². The molecule has 0 atom stereocenters. The first-order chi connectivity index (χ1) is 11.6. The van der Waals surface area contributed by atoms with Gasteiger partial charge in [0.15, 0.2) is 0 Å². The van der Waals surface area contributed by atoms with Crippen molar-refractivity contribution in [3.05, 3.63) is 60.3 Å². The Bertz CT molecular complexity index is 739. The van der Waals surface area contributed by atoms with Gasteiger partial charge >= 0.3 is 6.03 Å². The van der Waals surface area contributed by atoms with Crippen molar-refractivity contribution < 1.29 is 14.3 Å². The number of nitrogens with one attached hydrogen (secondary N) is 3. The summed E-state index contributed by atoms with van der Waals surface area (Å²) in [6.07, 6.45) is 3.32. The number of rotatable bonds is 5. The van der Waals surface area contributed by atoms with Crippen molar-refractivity contribution in [2.45, 2.75) is 6.92 Å². The van der Waals surface area contributed by atoms with Gasteiger partial charge in [-0.05, 0) is 48.0 Å². The lowest BCUT2D eigenvalue weighted by atomic mass is 10.2. The van der Waals surface area contributed by atoms with Crippen LogP contribution in [0.2, 0.25) is 0 Å². The summed E-state index contributed by atoms with van der Waals surface area (Å²) in [7, 11) is 1.60. The van der Waals surface area contributed by atoms with E-state index >= 15 is 0 Å².